The van der Waals surface area contributed by atoms with E-state index in [-0.39, 0.29) is 17.4 Å². The molecule has 3 N–H and O–H groups in total. The molecule has 0 spiro atoms. The highest BCUT2D eigenvalue weighted by Crippen LogP contribution is 2.17. The van der Waals surface area contributed by atoms with E-state index in [0.29, 0.717) is 11.0 Å². The molecule has 2 aromatic rings. The molecule has 0 atom stereocenters. The first-order valence-corrected chi connectivity index (χ1v) is 4.32. The molecule has 0 saturated heterocycles. The average molecular weight is 193 g/mol. The van der Waals surface area contributed by atoms with Gasteiger partial charge in [0.05, 0.1) is 6.33 Å². The second-order valence-electron chi connectivity index (χ2n) is 3.35. The molecule has 0 aromatic carbocycles. The number of aromatic nitrogens is 4. The van der Waals surface area contributed by atoms with Crippen LogP contribution in [-0.2, 0) is 0 Å². The monoisotopic (exact) mass is 193 g/mol. The highest BCUT2D eigenvalue weighted by Gasteiger charge is 2.13. The summed E-state index contributed by atoms with van der Waals surface area (Å²) in [6, 6.07) is 0.129. The van der Waals surface area contributed by atoms with Crippen LogP contribution in [0.2, 0.25) is 0 Å². The number of hydrogen-bond donors (Lipinski definition) is 2. The van der Waals surface area contributed by atoms with E-state index >= 15 is 0 Å². The van der Waals surface area contributed by atoms with Gasteiger partial charge in [-0.05, 0) is 13.8 Å². The van der Waals surface area contributed by atoms with Crippen molar-refractivity contribution in [1.82, 2.24) is 19.7 Å². The highest BCUT2D eigenvalue weighted by atomic mass is 16.1. The van der Waals surface area contributed by atoms with E-state index in [9.17, 15) is 4.79 Å². The molecular weight excluding hydrogens is 182 g/mol. The normalized spacial score (nSPS) is 11.4. The molecule has 0 aliphatic carbocycles. The average Bonchev–Trinajstić information content (AvgIpc) is 2.45. The summed E-state index contributed by atoms with van der Waals surface area (Å²) in [5, 5.41) is 4.42. The van der Waals surface area contributed by atoms with E-state index in [0.717, 1.165) is 0 Å². The summed E-state index contributed by atoms with van der Waals surface area (Å²) in [5.74, 6) is 0.225. The summed E-state index contributed by atoms with van der Waals surface area (Å²) in [6.07, 6.45) is 1.35. The van der Waals surface area contributed by atoms with Crippen molar-refractivity contribution in [2.45, 2.75) is 19.9 Å². The summed E-state index contributed by atoms with van der Waals surface area (Å²) >= 11 is 0. The SMILES string of the molecule is CC(C)n1nc(N)c2c(=O)[nH]cnc21. The molecule has 0 fully saturated rings. The van der Waals surface area contributed by atoms with Crippen molar-refractivity contribution >= 4 is 16.9 Å². The molecule has 0 aliphatic heterocycles. The number of H-pyrrole nitrogens is 1. The Hall–Kier alpha value is -1.85. The number of fused-ring (bicyclic) bond motifs is 1. The van der Waals surface area contributed by atoms with Gasteiger partial charge in [0.25, 0.3) is 5.56 Å². The number of anilines is 1. The van der Waals surface area contributed by atoms with Crippen LogP contribution in [0.15, 0.2) is 11.1 Å². The summed E-state index contributed by atoms with van der Waals surface area (Å²) in [5.41, 5.74) is 5.90. The lowest BCUT2D eigenvalue weighted by Crippen LogP contribution is -2.08. The Kier molecular flexibility index (Phi) is 1.77. The van der Waals surface area contributed by atoms with Gasteiger partial charge in [-0.2, -0.15) is 5.10 Å². The number of nitrogens with zero attached hydrogens (tertiary/aromatic N) is 3. The lowest BCUT2D eigenvalue weighted by molar-refractivity contribution is 0.548. The fraction of sp³-hybridized carbons (Fsp3) is 0.375. The predicted molar refractivity (Wildman–Crippen MR) is 52.9 cm³/mol. The zero-order chi connectivity index (χ0) is 10.3. The maximum atomic E-state index is 11.4. The van der Waals surface area contributed by atoms with Gasteiger partial charge in [-0.1, -0.05) is 0 Å². The first-order valence-electron chi connectivity index (χ1n) is 4.32. The lowest BCUT2D eigenvalue weighted by atomic mass is 10.3. The van der Waals surface area contributed by atoms with Crippen LogP contribution in [-0.4, -0.2) is 19.7 Å². The van der Waals surface area contributed by atoms with Crippen LogP contribution in [0.5, 0.6) is 0 Å². The first kappa shape index (κ1) is 8.74. The van der Waals surface area contributed by atoms with E-state index in [1.807, 2.05) is 13.8 Å². The highest BCUT2D eigenvalue weighted by molar-refractivity contribution is 5.85. The molecule has 6 heteroatoms. The molecular formula is C8H11N5O. The summed E-state index contributed by atoms with van der Waals surface area (Å²) in [7, 11) is 0. The van der Waals surface area contributed by atoms with Crippen LogP contribution in [0.1, 0.15) is 19.9 Å². The van der Waals surface area contributed by atoms with Gasteiger partial charge in [0.15, 0.2) is 11.5 Å². The number of hydrogen-bond acceptors (Lipinski definition) is 4. The zero-order valence-corrected chi connectivity index (χ0v) is 7.98. The van der Waals surface area contributed by atoms with Crippen molar-refractivity contribution in [3.63, 3.8) is 0 Å². The van der Waals surface area contributed by atoms with Crippen molar-refractivity contribution in [3.05, 3.63) is 16.7 Å². The van der Waals surface area contributed by atoms with Crippen LogP contribution >= 0.6 is 0 Å². The Balaban J connectivity index is 2.91. The molecule has 2 heterocycles. The third-order valence-corrected chi connectivity index (χ3v) is 2.01. The van der Waals surface area contributed by atoms with Crippen molar-refractivity contribution < 1.29 is 0 Å². The van der Waals surface area contributed by atoms with Crippen molar-refractivity contribution in [2.75, 3.05) is 5.73 Å². The minimum absolute atomic E-state index is 0.129. The molecule has 0 bridgehead atoms. The molecule has 2 aromatic heterocycles. The van der Waals surface area contributed by atoms with Crippen LogP contribution in [0.4, 0.5) is 5.82 Å². The number of nitrogens with two attached hydrogens (primary N) is 1. The van der Waals surface area contributed by atoms with Crippen molar-refractivity contribution in [1.29, 1.82) is 0 Å². The molecule has 0 unspecified atom stereocenters. The Morgan fingerprint density at radius 1 is 1.57 bits per heavy atom. The Morgan fingerprint density at radius 3 is 2.93 bits per heavy atom. The van der Waals surface area contributed by atoms with Crippen molar-refractivity contribution in [2.24, 2.45) is 0 Å². The zero-order valence-electron chi connectivity index (χ0n) is 7.98. The molecule has 0 saturated carbocycles. The molecule has 74 valence electrons. The summed E-state index contributed by atoms with van der Waals surface area (Å²) < 4.78 is 1.64. The molecule has 0 radical (unpaired) electrons. The Bertz CT molecular complexity index is 524. The molecule has 6 nitrogen and oxygen atoms in total. The van der Waals surface area contributed by atoms with Gasteiger partial charge < -0.3 is 10.7 Å². The third kappa shape index (κ3) is 1.07. The van der Waals surface area contributed by atoms with E-state index in [2.05, 4.69) is 15.1 Å². The van der Waals surface area contributed by atoms with Crippen LogP contribution in [0.3, 0.4) is 0 Å². The van der Waals surface area contributed by atoms with Gasteiger partial charge in [0, 0.05) is 6.04 Å². The van der Waals surface area contributed by atoms with Gasteiger partial charge in [-0.3, -0.25) is 4.79 Å². The minimum atomic E-state index is -0.251. The van der Waals surface area contributed by atoms with E-state index in [1.54, 1.807) is 4.68 Å². The summed E-state index contributed by atoms with van der Waals surface area (Å²) in [6.45, 7) is 3.91. The summed E-state index contributed by atoms with van der Waals surface area (Å²) in [4.78, 5) is 17.9. The Morgan fingerprint density at radius 2 is 2.29 bits per heavy atom. The van der Waals surface area contributed by atoms with Crippen molar-refractivity contribution in [3.8, 4) is 0 Å². The number of rotatable bonds is 1. The second kappa shape index (κ2) is 2.83. The van der Waals surface area contributed by atoms with Gasteiger partial charge >= 0.3 is 0 Å². The minimum Gasteiger partial charge on any atom is -0.381 e. The maximum Gasteiger partial charge on any atom is 0.264 e. The van der Waals surface area contributed by atoms with E-state index in [4.69, 9.17) is 5.73 Å². The van der Waals surface area contributed by atoms with Gasteiger partial charge in [0.2, 0.25) is 0 Å². The van der Waals surface area contributed by atoms with Gasteiger partial charge in [0.1, 0.15) is 5.39 Å². The van der Waals surface area contributed by atoms with E-state index in [1.165, 1.54) is 6.33 Å². The largest absolute Gasteiger partial charge is 0.381 e. The van der Waals surface area contributed by atoms with Gasteiger partial charge in [-0.15, -0.1) is 0 Å². The molecule has 2 rings (SSSR count). The molecule has 0 amide bonds. The smallest absolute Gasteiger partial charge is 0.264 e. The van der Waals surface area contributed by atoms with Crippen LogP contribution in [0, 0.1) is 0 Å². The van der Waals surface area contributed by atoms with E-state index < -0.39 is 0 Å². The number of nitrogen functional groups attached to an aromatic ring is 1. The Labute approximate surface area is 79.8 Å². The van der Waals surface area contributed by atoms with Crippen LogP contribution < -0.4 is 11.3 Å². The second-order valence-corrected chi connectivity index (χ2v) is 3.35. The molecule has 14 heavy (non-hydrogen) atoms. The first-order chi connectivity index (χ1) is 6.61. The quantitative estimate of drug-likeness (QED) is 0.680. The third-order valence-electron chi connectivity index (χ3n) is 2.01. The topological polar surface area (TPSA) is 89.6 Å². The molecule has 0 aliphatic rings. The standard InChI is InChI=1S/C8H11N5O/c1-4(2)13-7-5(6(9)12-13)8(14)11-3-10-7/h3-4H,1-2H3,(H2,9,12)(H,10,11,14). The lowest BCUT2D eigenvalue weighted by Gasteiger charge is -2.04. The fourth-order valence-electron chi connectivity index (χ4n) is 1.37. The number of aromatic amines is 1. The number of nitrogens with one attached hydrogen (secondary N) is 1. The predicted octanol–water partition coefficient (Wildman–Crippen LogP) is 0.283. The van der Waals surface area contributed by atoms with Crippen LogP contribution in [0.25, 0.3) is 11.0 Å². The van der Waals surface area contributed by atoms with Gasteiger partial charge in [-0.25, -0.2) is 9.67 Å². The fourth-order valence-corrected chi connectivity index (χ4v) is 1.37. The maximum absolute atomic E-state index is 11.4.